The van der Waals surface area contributed by atoms with Crippen LogP contribution in [0.1, 0.15) is 60.8 Å². The van der Waals surface area contributed by atoms with Gasteiger partial charge in [0.2, 0.25) is 0 Å². The molecule has 1 N–H and O–H groups in total. The van der Waals surface area contributed by atoms with Crippen molar-refractivity contribution >= 4 is 67.6 Å². The Labute approximate surface area is 356 Å². The molecule has 0 saturated carbocycles. The van der Waals surface area contributed by atoms with Crippen LogP contribution >= 0.6 is 24.0 Å². The average molecular weight is 833 g/mol. The van der Waals surface area contributed by atoms with E-state index in [-0.39, 0.29) is 17.0 Å². The Morgan fingerprint density at radius 1 is 0.483 bits per heavy atom. The largest absolute Gasteiger partial charge is 0.386 e. The molecule has 8 nitrogen and oxygen atoms in total. The number of fused-ring (bicyclic) bond motifs is 2. The van der Waals surface area contributed by atoms with E-state index in [0.29, 0.717) is 16.7 Å². The molecule has 0 unspecified atom stereocenters. The van der Waals surface area contributed by atoms with Gasteiger partial charge in [0.05, 0.1) is 11.1 Å². The van der Waals surface area contributed by atoms with Crippen LogP contribution in [0.3, 0.4) is 0 Å². The molecular weight excluding hydrogens is 793 g/mol. The van der Waals surface area contributed by atoms with Crippen molar-refractivity contribution in [1.82, 2.24) is 0 Å². The predicted octanol–water partition coefficient (Wildman–Crippen LogP) is 10.9. The molecule has 300 valence electrons. The molecule has 0 radical (unpaired) electrons. The zero-order valence-electron chi connectivity index (χ0n) is 32.6. The molecule has 0 fully saturated rings. The summed E-state index contributed by atoms with van der Waals surface area (Å²) in [6.07, 6.45) is 0. The van der Waals surface area contributed by atoms with Crippen LogP contribution in [0.4, 0.5) is 0 Å². The van der Waals surface area contributed by atoms with Crippen molar-refractivity contribution in [2.75, 3.05) is 0 Å². The molecule has 0 atom stereocenters. The maximum Gasteiger partial charge on any atom is 0.386 e. The molecule has 10 heteroatoms. The van der Waals surface area contributed by atoms with Crippen LogP contribution in [0.5, 0.6) is 0 Å². The van der Waals surface area contributed by atoms with Gasteiger partial charge in [-0.3, -0.25) is 14.4 Å². The van der Waals surface area contributed by atoms with Crippen molar-refractivity contribution in [2.24, 2.45) is 0 Å². The predicted molar refractivity (Wildman–Crippen MR) is 240 cm³/mol. The number of benzene rings is 7. The Bertz CT molecular complexity index is 2620. The van der Waals surface area contributed by atoms with Crippen molar-refractivity contribution in [3.63, 3.8) is 0 Å². The lowest BCUT2D eigenvalue weighted by atomic mass is 9.97. The molecule has 0 saturated heterocycles. The van der Waals surface area contributed by atoms with Crippen LogP contribution in [0.2, 0.25) is 0 Å². The number of thiol groups is 1. The van der Waals surface area contributed by atoms with Gasteiger partial charge in [-0.15, -0.1) is 24.0 Å². The Kier molecular flexibility index (Phi) is 15.9. The van der Waals surface area contributed by atoms with Gasteiger partial charge >= 0.3 is 11.9 Å². The normalized spacial score (nSPS) is 10.3. The number of Topliss-reactive ketones (excluding diaryl/α,β-unsaturated/α-hetero) is 1. The summed E-state index contributed by atoms with van der Waals surface area (Å²) >= 11 is 5.91. The summed E-state index contributed by atoms with van der Waals surface area (Å²) < 4.78 is 2.05. The fourth-order valence-corrected chi connectivity index (χ4v) is 6.66. The van der Waals surface area contributed by atoms with Gasteiger partial charge in [-0.25, -0.2) is 19.4 Å². The molecular formula is C50H40O8S2. The lowest BCUT2D eigenvalue weighted by Gasteiger charge is -2.14. The van der Waals surface area contributed by atoms with Gasteiger partial charge in [0.15, 0.2) is 17.0 Å². The van der Waals surface area contributed by atoms with E-state index in [1.165, 1.54) is 13.8 Å². The topological polar surface area (TPSA) is 124 Å². The van der Waals surface area contributed by atoms with Gasteiger partial charge in [0.25, 0.3) is 0 Å². The van der Waals surface area contributed by atoms with Crippen LogP contribution in [0, 0.1) is 0 Å². The molecule has 7 aromatic carbocycles. The first-order valence-electron chi connectivity index (χ1n) is 18.6. The van der Waals surface area contributed by atoms with Gasteiger partial charge in [-0.1, -0.05) is 140 Å². The first kappa shape index (κ1) is 44.1. The number of rotatable bonds is 6. The summed E-state index contributed by atoms with van der Waals surface area (Å²) in [6.45, 7) is 2.98. The number of hydrogen-bond donors (Lipinski definition) is 2. The monoisotopic (exact) mass is 832 g/mol. The zero-order valence-corrected chi connectivity index (χ0v) is 34.3. The lowest BCUT2D eigenvalue weighted by Crippen LogP contribution is -2.30. The highest BCUT2D eigenvalue weighted by Gasteiger charge is 2.24. The third-order valence-corrected chi connectivity index (χ3v) is 9.86. The van der Waals surface area contributed by atoms with E-state index in [1.54, 1.807) is 96.3 Å². The summed E-state index contributed by atoms with van der Waals surface area (Å²) in [5, 5.41) is 10.9. The average Bonchev–Trinajstić information content (AvgIpc) is 3.30. The van der Waals surface area contributed by atoms with Gasteiger partial charge in [-0.05, 0) is 68.4 Å². The highest BCUT2D eigenvalue weighted by atomic mass is 32.1. The van der Waals surface area contributed by atoms with Crippen LogP contribution in [-0.4, -0.2) is 34.2 Å². The number of aliphatic hydroxyl groups is 1. The molecule has 0 spiro atoms. The maximum absolute atomic E-state index is 12.2. The molecule has 8 rings (SSSR count). The van der Waals surface area contributed by atoms with Crippen molar-refractivity contribution < 1.29 is 34.1 Å². The van der Waals surface area contributed by atoms with E-state index in [1.807, 2.05) is 109 Å². The molecule has 0 aliphatic carbocycles. The van der Waals surface area contributed by atoms with Crippen LogP contribution in [0.25, 0.3) is 20.2 Å². The van der Waals surface area contributed by atoms with Gasteiger partial charge in [-0.2, -0.15) is 0 Å². The summed E-state index contributed by atoms with van der Waals surface area (Å²) in [6, 6.07) is 57.4. The highest BCUT2D eigenvalue weighted by molar-refractivity contribution is 7.80. The summed E-state index contributed by atoms with van der Waals surface area (Å²) in [5.41, 5.74) is 1.47. The smallest absolute Gasteiger partial charge is 0.382 e. The van der Waals surface area contributed by atoms with Gasteiger partial charge < -0.3 is 5.11 Å². The number of carbonyl (C=O) groups excluding carboxylic acids is 4. The minimum atomic E-state index is -1.28. The third-order valence-electron chi connectivity index (χ3n) is 8.44. The van der Waals surface area contributed by atoms with Gasteiger partial charge in [0, 0.05) is 41.8 Å². The van der Waals surface area contributed by atoms with Crippen LogP contribution in [-0.2, 0) is 9.78 Å². The molecule has 8 aromatic rings. The van der Waals surface area contributed by atoms with Crippen molar-refractivity contribution in [1.29, 1.82) is 0 Å². The lowest BCUT2D eigenvalue weighted by molar-refractivity contribution is -0.187. The second-order valence-corrected chi connectivity index (χ2v) is 15.0. The summed E-state index contributed by atoms with van der Waals surface area (Å²) in [4.78, 5) is 68.2. The highest BCUT2D eigenvalue weighted by Crippen LogP contribution is 2.25. The van der Waals surface area contributed by atoms with Crippen LogP contribution < -0.4 is 5.43 Å². The number of ketones is 2. The Morgan fingerprint density at radius 3 is 1.28 bits per heavy atom. The molecule has 1 aromatic heterocycles. The molecule has 0 amide bonds. The Balaban J connectivity index is 0.000000153. The van der Waals surface area contributed by atoms with Gasteiger partial charge in [0.1, 0.15) is 5.60 Å². The summed E-state index contributed by atoms with van der Waals surface area (Å²) in [7, 11) is 0. The van der Waals surface area contributed by atoms with E-state index in [4.69, 9.17) is 0 Å². The quantitative estimate of drug-likeness (QED) is 0.0558. The number of carbonyl (C=O) groups is 4. The number of hydrogen-bond acceptors (Lipinski definition) is 10. The minimum absolute atomic E-state index is 0.0752. The molecule has 60 heavy (non-hydrogen) atoms. The first-order valence-corrected chi connectivity index (χ1v) is 19.8. The van der Waals surface area contributed by atoms with E-state index >= 15 is 0 Å². The Hall–Kier alpha value is -6.98. The van der Waals surface area contributed by atoms with Crippen LogP contribution in [0.15, 0.2) is 204 Å². The minimum Gasteiger partial charge on any atom is -0.382 e. The molecule has 1 heterocycles. The van der Waals surface area contributed by atoms with E-state index in [9.17, 15) is 29.1 Å². The third kappa shape index (κ3) is 12.8. The van der Waals surface area contributed by atoms with Crippen molar-refractivity contribution in [3.8, 4) is 0 Å². The fraction of sp³-hybridized carbons (Fsp3) is 0.0600. The van der Waals surface area contributed by atoms with E-state index in [2.05, 4.69) is 22.4 Å². The molecule has 0 bridgehead atoms. The van der Waals surface area contributed by atoms with E-state index in [0.717, 1.165) is 36.2 Å². The van der Waals surface area contributed by atoms with Crippen molar-refractivity contribution in [3.05, 3.63) is 232 Å². The first-order chi connectivity index (χ1) is 28.9. The SMILES string of the molecule is CC(C)(O)C(=O)c1ccccc1.O=C(OOC(=O)c1ccccc1)c1ccccc1.O=C(c1ccccc1)c1ccccc1.O=c1c2ccccc2sc2ccc(S)cc12. The second-order valence-electron chi connectivity index (χ2n) is 13.4. The Morgan fingerprint density at radius 2 is 0.850 bits per heavy atom. The van der Waals surface area contributed by atoms with E-state index < -0.39 is 17.5 Å². The van der Waals surface area contributed by atoms with Crippen molar-refractivity contribution in [2.45, 2.75) is 24.3 Å². The zero-order chi connectivity index (χ0) is 42.9. The maximum atomic E-state index is 12.2. The molecule has 0 aliphatic rings. The standard InChI is InChI=1S/C14H10O4.C13H8OS2.C13H10O.C10H12O2/c15-13(11-7-3-1-4-8-11)17-18-14(16)12-9-5-2-6-10-12;14-13-9-3-1-2-4-11(9)16-12-6-5-8(15)7-10(12)13;14-13(11-7-3-1-4-8-11)12-9-5-2-6-10-12;1-10(2,12)9(11)8-6-4-3-5-7-8/h1-10H;1-7,15H;1-10H;3-7,12H,1-2H3. The second kappa shape index (κ2) is 21.7. The fourth-order valence-electron chi connectivity index (χ4n) is 5.40. The summed E-state index contributed by atoms with van der Waals surface area (Å²) in [5.74, 6) is -1.59. The molecule has 0 aliphatic heterocycles.